The molecule has 2 aromatic rings. The maximum atomic E-state index is 10.9. The first-order chi connectivity index (χ1) is 7.00. The number of nitrogens with zero attached hydrogens (tertiary/aromatic N) is 2. The summed E-state index contributed by atoms with van der Waals surface area (Å²) in [6.07, 6.45) is 0. The molecular weight excluding hydrogens is 212 g/mol. The molecule has 0 unspecified atom stereocenters. The third-order valence-corrected chi connectivity index (χ3v) is 3.45. The summed E-state index contributed by atoms with van der Waals surface area (Å²) in [5.74, 6) is -0.217. The van der Waals surface area contributed by atoms with Gasteiger partial charge >= 0.3 is 5.97 Å². The topological polar surface area (TPSA) is 63.1 Å². The first-order valence-corrected chi connectivity index (χ1v) is 5.30. The van der Waals surface area contributed by atoms with Crippen molar-refractivity contribution in [2.75, 3.05) is 0 Å². The van der Waals surface area contributed by atoms with Crippen LogP contribution in [0.25, 0.3) is 10.2 Å². The van der Waals surface area contributed by atoms with Crippen molar-refractivity contribution in [3.8, 4) is 0 Å². The van der Waals surface area contributed by atoms with Gasteiger partial charge < -0.3 is 5.11 Å². The van der Waals surface area contributed by atoms with Gasteiger partial charge in [-0.25, -0.2) is 14.8 Å². The quantitative estimate of drug-likeness (QED) is 0.804. The van der Waals surface area contributed by atoms with Gasteiger partial charge in [0.15, 0.2) is 0 Å². The molecule has 0 bridgehead atoms. The Bertz CT molecular complexity index is 560. The van der Waals surface area contributed by atoms with Crippen LogP contribution >= 0.6 is 11.3 Å². The second-order valence-corrected chi connectivity index (χ2v) is 4.40. The first kappa shape index (κ1) is 10.0. The average molecular weight is 222 g/mol. The van der Waals surface area contributed by atoms with Crippen molar-refractivity contribution in [2.45, 2.75) is 20.8 Å². The summed E-state index contributed by atoms with van der Waals surface area (Å²) in [5.41, 5.74) is 1.61. The number of rotatable bonds is 1. The zero-order valence-corrected chi connectivity index (χ0v) is 9.47. The minimum Gasteiger partial charge on any atom is -0.477 e. The van der Waals surface area contributed by atoms with Gasteiger partial charge in [0.25, 0.3) is 0 Å². The van der Waals surface area contributed by atoms with E-state index >= 15 is 0 Å². The van der Waals surface area contributed by atoms with Crippen LogP contribution in [0.3, 0.4) is 0 Å². The molecule has 5 heteroatoms. The highest BCUT2D eigenvalue weighted by Gasteiger charge is 2.17. The Morgan fingerprint density at radius 3 is 2.53 bits per heavy atom. The van der Waals surface area contributed by atoms with Crippen molar-refractivity contribution in [3.05, 3.63) is 22.0 Å². The number of aromatic nitrogens is 2. The van der Waals surface area contributed by atoms with E-state index in [1.165, 1.54) is 11.3 Å². The van der Waals surface area contributed by atoms with Crippen molar-refractivity contribution in [1.82, 2.24) is 9.97 Å². The molecule has 1 N–H and O–H groups in total. The minimum atomic E-state index is -0.896. The summed E-state index contributed by atoms with van der Waals surface area (Å²) < 4.78 is 0. The highest BCUT2D eigenvalue weighted by atomic mass is 32.1. The molecule has 0 spiro atoms. The number of hydrogen-bond donors (Lipinski definition) is 1. The Morgan fingerprint density at radius 2 is 1.93 bits per heavy atom. The predicted octanol–water partition coefficient (Wildman–Crippen LogP) is 2.31. The van der Waals surface area contributed by atoms with Gasteiger partial charge in [-0.05, 0) is 26.3 Å². The van der Waals surface area contributed by atoms with Crippen LogP contribution in [0.15, 0.2) is 0 Å². The lowest BCUT2D eigenvalue weighted by molar-refractivity contribution is 0.0701. The number of carbonyl (C=O) groups is 1. The van der Waals surface area contributed by atoms with Gasteiger partial charge in [-0.2, -0.15) is 0 Å². The highest BCUT2D eigenvalue weighted by molar-refractivity contribution is 7.20. The van der Waals surface area contributed by atoms with Crippen molar-refractivity contribution >= 4 is 27.5 Å². The van der Waals surface area contributed by atoms with E-state index in [0.29, 0.717) is 10.7 Å². The number of thiophene rings is 1. The Labute approximate surface area is 90.6 Å². The fourth-order valence-electron chi connectivity index (χ4n) is 1.68. The fourth-order valence-corrected chi connectivity index (χ4v) is 2.79. The monoisotopic (exact) mass is 222 g/mol. The smallest absolute Gasteiger partial charge is 0.346 e. The Hall–Kier alpha value is -1.49. The minimum absolute atomic E-state index is 0.355. The standard InChI is InChI=1S/C10H10N2O2S/c1-4-7-5(2)11-6(3)12-9(7)15-8(4)10(13)14/h1-3H3,(H,13,14). The van der Waals surface area contributed by atoms with Gasteiger partial charge in [0.2, 0.25) is 0 Å². The van der Waals surface area contributed by atoms with E-state index in [4.69, 9.17) is 5.11 Å². The highest BCUT2D eigenvalue weighted by Crippen LogP contribution is 2.30. The van der Waals surface area contributed by atoms with Crippen LogP contribution < -0.4 is 0 Å². The summed E-state index contributed by atoms with van der Waals surface area (Å²) in [4.78, 5) is 20.5. The van der Waals surface area contributed by atoms with E-state index in [1.54, 1.807) is 6.92 Å². The normalized spacial score (nSPS) is 10.9. The van der Waals surface area contributed by atoms with Gasteiger partial charge in [0.05, 0.1) is 0 Å². The fraction of sp³-hybridized carbons (Fsp3) is 0.300. The summed E-state index contributed by atoms with van der Waals surface area (Å²) in [5, 5.41) is 9.87. The van der Waals surface area contributed by atoms with Gasteiger partial charge in [0, 0.05) is 11.1 Å². The second kappa shape index (κ2) is 3.27. The molecule has 4 nitrogen and oxygen atoms in total. The molecule has 78 valence electrons. The molecule has 0 saturated carbocycles. The van der Waals surface area contributed by atoms with E-state index < -0.39 is 5.97 Å². The van der Waals surface area contributed by atoms with E-state index in [2.05, 4.69) is 9.97 Å². The number of aromatic carboxylic acids is 1. The van der Waals surface area contributed by atoms with Gasteiger partial charge in [-0.15, -0.1) is 11.3 Å². The lowest BCUT2D eigenvalue weighted by Gasteiger charge is -1.98. The number of carboxylic acid groups (broad SMARTS) is 1. The second-order valence-electron chi connectivity index (χ2n) is 3.40. The third kappa shape index (κ3) is 1.48. The van der Waals surface area contributed by atoms with Crippen LogP contribution in [0.5, 0.6) is 0 Å². The molecule has 0 atom stereocenters. The maximum Gasteiger partial charge on any atom is 0.346 e. The van der Waals surface area contributed by atoms with Crippen molar-refractivity contribution in [1.29, 1.82) is 0 Å². The van der Waals surface area contributed by atoms with Crippen LogP contribution in [-0.4, -0.2) is 21.0 Å². The Morgan fingerprint density at radius 1 is 1.27 bits per heavy atom. The summed E-state index contributed by atoms with van der Waals surface area (Å²) in [7, 11) is 0. The first-order valence-electron chi connectivity index (χ1n) is 4.48. The predicted molar refractivity (Wildman–Crippen MR) is 58.6 cm³/mol. The molecule has 0 amide bonds. The van der Waals surface area contributed by atoms with Gasteiger partial charge in [0.1, 0.15) is 15.5 Å². The Kier molecular flexibility index (Phi) is 2.19. The van der Waals surface area contributed by atoms with Crippen LogP contribution in [0.1, 0.15) is 26.8 Å². The molecular formula is C10H10N2O2S. The van der Waals surface area contributed by atoms with Crippen LogP contribution in [0.4, 0.5) is 0 Å². The molecule has 0 aliphatic carbocycles. The van der Waals surface area contributed by atoms with Crippen LogP contribution in [0, 0.1) is 20.8 Å². The Balaban J connectivity index is 2.88. The number of aryl methyl sites for hydroxylation is 3. The zero-order chi connectivity index (χ0) is 11.2. The largest absolute Gasteiger partial charge is 0.477 e. The SMILES string of the molecule is Cc1nc(C)c2c(C)c(C(=O)O)sc2n1. The van der Waals surface area contributed by atoms with Gasteiger partial charge in [-0.3, -0.25) is 0 Å². The lowest BCUT2D eigenvalue weighted by atomic mass is 10.1. The van der Waals surface area contributed by atoms with Crippen molar-refractivity contribution in [2.24, 2.45) is 0 Å². The summed E-state index contributed by atoms with van der Waals surface area (Å²) in [6.45, 7) is 5.48. The van der Waals surface area contributed by atoms with E-state index in [1.807, 2.05) is 13.8 Å². The molecule has 0 radical (unpaired) electrons. The number of hydrogen-bond acceptors (Lipinski definition) is 4. The molecule has 15 heavy (non-hydrogen) atoms. The molecule has 0 aromatic carbocycles. The zero-order valence-electron chi connectivity index (χ0n) is 8.66. The summed E-state index contributed by atoms with van der Waals surface area (Å²) in [6, 6.07) is 0. The average Bonchev–Trinajstić information content (AvgIpc) is 2.42. The van der Waals surface area contributed by atoms with Crippen molar-refractivity contribution < 1.29 is 9.90 Å². The maximum absolute atomic E-state index is 10.9. The van der Waals surface area contributed by atoms with E-state index in [9.17, 15) is 4.79 Å². The molecule has 2 rings (SSSR count). The van der Waals surface area contributed by atoms with Crippen LogP contribution in [-0.2, 0) is 0 Å². The van der Waals surface area contributed by atoms with Gasteiger partial charge in [-0.1, -0.05) is 0 Å². The molecule has 0 fully saturated rings. The molecule has 0 aliphatic rings. The lowest BCUT2D eigenvalue weighted by Crippen LogP contribution is -1.95. The molecule has 2 aromatic heterocycles. The third-order valence-electron chi connectivity index (χ3n) is 2.28. The van der Waals surface area contributed by atoms with Crippen LogP contribution in [0.2, 0.25) is 0 Å². The summed E-state index contributed by atoms with van der Waals surface area (Å²) >= 11 is 1.21. The number of carboxylic acids is 1. The molecule has 0 aliphatic heterocycles. The molecule has 2 heterocycles. The molecule has 0 saturated heterocycles. The van der Waals surface area contributed by atoms with Crippen molar-refractivity contribution in [3.63, 3.8) is 0 Å². The van der Waals surface area contributed by atoms with E-state index in [-0.39, 0.29) is 0 Å². The van der Waals surface area contributed by atoms with E-state index in [0.717, 1.165) is 21.5 Å². The number of fused-ring (bicyclic) bond motifs is 1.